The number of hydrogen-bond donors (Lipinski definition) is 2. The number of nitrogens with two attached hydrogens (primary N) is 1. The zero-order valence-electron chi connectivity index (χ0n) is 12.4. The van der Waals surface area contributed by atoms with Gasteiger partial charge in [-0.05, 0) is 11.3 Å². The minimum Gasteiger partial charge on any atom is -0.369 e. The molecule has 4 nitrogen and oxygen atoms in total. The topological polar surface area (TPSA) is 65.1 Å². The van der Waals surface area contributed by atoms with E-state index in [2.05, 4.69) is 36.1 Å². The van der Waals surface area contributed by atoms with Gasteiger partial charge in [0.25, 0.3) is 0 Å². The van der Waals surface area contributed by atoms with Crippen molar-refractivity contribution >= 4 is 11.8 Å². The number of nitrogens with zero attached hydrogens (tertiary/aromatic N) is 1. The van der Waals surface area contributed by atoms with Gasteiger partial charge in [0.1, 0.15) is 5.56 Å². The molecule has 0 aromatic carbocycles. The number of halogens is 3. The van der Waals surface area contributed by atoms with Crippen molar-refractivity contribution in [2.24, 2.45) is 11.3 Å². The van der Waals surface area contributed by atoms with E-state index in [0.29, 0.717) is 0 Å². The largest absolute Gasteiger partial charge is 0.424 e. The molecule has 0 saturated carbocycles. The van der Waals surface area contributed by atoms with Gasteiger partial charge in [0, 0.05) is 0 Å². The minimum absolute atomic E-state index is 0.0439. The number of nitrogens with one attached hydrogen (secondary N) is 2. The highest BCUT2D eigenvalue weighted by molar-refractivity contribution is 5.42. The van der Waals surface area contributed by atoms with Crippen LogP contribution in [0.25, 0.3) is 0 Å². The van der Waals surface area contributed by atoms with Gasteiger partial charge in [0.2, 0.25) is 5.82 Å². The number of aromatic nitrogens is 2. The number of hydrogen-bond acceptors (Lipinski definition) is 3. The van der Waals surface area contributed by atoms with E-state index in [1.165, 1.54) is 0 Å². The zero-order chi connectivity index (χ0) is 15.7. The average molecular weight is 291 g/mol. The predicted octanol–water partition coefficient (Wildman–Crippen LogP) is 2.98. The lowest BCUT2D eigenvalue weighted by Crippen LogP contribution is -2.40. The van der Waals surface area contributed by atoms with E-state index in [0.717, 1.165) is 6.20 Å². The summed E-state index contributed by atoms with van der Waals surface area (Å²) in [6, 6.07) is 0.0439. The van der Waals surface area contributed by atoms with E-state index >= 15 is 0 Å². The first-order chi connectivity index (χ1) is 8.93. The Morgan fingerprint density at radius 1 is 1.25 bits per heavy atom. The Morgan fingerprint density at radius 3 is 2.15 bits per heavy atom. The molecule has 1 heterocycles. The van der Waals surface area contributed by atoms with Gasteiger partial charge in [-0.15, -0.1) is 0 Å². The molecule has 0 amide bonds. The standard InChI is InChI=1S/C13H21F3N4/c1-7(2)9(12(3,4)5)19-11-18-6-8(10(17)20-11)13(14,15)16/h6-7,9H,1-5H3,(H3,17,18,19,20)/p+1. The number of rotatable bonds is 3. The fourth-order valence-corrected chi connectivity index (χ4v) is 2.26. The van der Waals surface area contributed by atoms with Crippen LogP contribution in [0.5, 0.6) is 0 Å². The third-order valence-electron chi connectivity index (χ3n) is 3.06. The second-order valence-electron chi connectivity index (χ2n) is 6.28. The number of H-pyrrole nitrogens is 1. The molecule has 114 valence electrons. The van der Waals surface area contributed by atoms with Crippen molar-refractivity contribution in [2.45, 2.75) is 46.8 Å². The molecule has 1 rings (SSSR count). The van der Waals surface area contributed by atoms with Gasteiger partial charge < -0.3 is 5.73 Å². The summed E-state index contributed by atoms with van der Waals surface area (Å²) in [5, 5.41) is 3.12. The maximum absolute atomic E-state index is 12.6. The molecule has 0 spiro atoms. The SMILES string of the molecule is CC(C)C(Nc1nc(N)c(C(F)(F)F)c[nH+]1)C(C)(C)C. The molecule has 4 N–H and O–H groups in total. The van der Waals surface area contributed by atoms with Gasteiger partial charge in [-0.1, -0.05) is 39.6 Å². The second kappa shape index (κ2) is 5.46. The van der Waals surface area contributed by atoms with Crippen molar-refractivity contribution in [3.05, 3.63) is 11.8 Å². The van der Waals surface area contributed by atoms with Crippen LogP contribution in [0.3, 0.4) is 0 Å². The van der Waals surface area contributed by atoms with E-state index < -0.39 is 17.6 Å². The van der Waals surface area contributed by atoms with Crippen molar-refractivity contribution in [3.8, 4) is 0 Å². The third kappa shape index (κ3) is 3.98. The lowest BCUT2D eigenvalue weighted by molar-refractivity contribution is -0.369. The van der Waals surface area contributed by atoms with Crippen LogP contribution in [-0.2, 0) is 6.18 Å². The Labute approximate surface area is 117 Å². The highest BCUT2D eigenvalue weighted by Crippen LogP contribution is 2.32. The monoisotopic (exact) mass is 291 g/mol. The number of aromatic amines is 1. The minimum atomic E-state index is -4.51. The van der Waals surface area contributed by atoms with Crippen LogP contribution < -0.4 is 16.0 Å². The molecule has 0 bridgehead atoms. The van der Waals surface area contributed by atoms with Gasteiger partial charge in [-0.25, -0.2) is 4.98 Å². The first kappa shape index (κ1) is 16.5. The average Bonchev–Trinajstić information content (AvgIpc) is 2.22. The number of anilines is 2. The van der Waals surface area contributed by atoms with E-state index in [4.69, 9.17) is 5.73 Å². The smallest absolute Gasteiger partial charge is 0.369 e. The third-order valence-corrected chi connectivity index (χ3v) is 3.06. The van der Waals surface area contributed by atoms with E-state index in [-0.39, 0.29) is 23.3 Å². The van der Waals surface area contributed by atoms with E-state index in [9.17, 15) is 13.2 Å². The van der Waals surface area contributed by atoms with Crippen molar-refractivity contribution in [3.63, 3.8) is 0 Å². The molecule has 7 heteroatoms. The molecule has 1 aromatic heterocycles. The van der Waals surface area contributed by atoms with Gasteiger partial charge in [0.15, 0.2) is 0 Å². The van der Waals surface area contributed by atoms with Crippen LogP contribution in [0.2, 0.25) is 0 Å². The molecule has 1 unspecified atom stereocenters. The summed E-state index contributed by atoms with van der Waals surface area (Å²) >= 11 is 0. The quantitative estimate of drug-likeness (QED) is 0.899. The maximum Gasteiger partial charge on any atom is 0.424 e. The highest BCUT2D eigenvalue weighted by atomic mass is 19.4. The molecule has 0 fully saturated rings. The normalized spacial score (nSPS) is 14.4. The molecular weight excluding hydrogens is 269 g/mol. The van der Waals surface area contributed by atoms with Gasteiger partial charge in [-0.2, -0.15) is 13.2 Å². The summed E-state index contributed by atoms with van der Waals surface area (Å²) in [6.07, 6.45) is -3.67. The Bertz CT molecular complexity index is 464. The Balaban J connectivity index is 3.02. The van der Waals surface area contributed by atoms with Gasteiger partial charge in [0.05, 0.1) is 12.2 Å². The van der Waals surface area contributed by atoms with E-state index in [1.807, 2.05) is 13.8 Å². The van der Waals surface area contributed by atoms with Crippen molar-refractivity contribution < 1.29 is 18.2 Å². The zero-order valence-corrected chi connectivity index (χ0v) is 12.4. The summed E-state index contributed by atoms with van der Waals surface area (Å²) in [5.74, 6) is -0.00647. The molecule has 20 heavy (non-hydrogen) atoms. The fraction of sp³-hybridized carbons (Fsp3) is 0.692. The Kier molecular flexibility index (Phi) is 4.51. The first-order valence-corrected chi connectivity index (χ1v) is 6.45. The molecule has 1 atom stereocenters. The Morgan fingerprint density at radius 2 is 1.80 bits per heavy atom. The molecule has 0 radical (unpaired) electrons. The molecular formula is C13H22F3N4+. The van der Waals surface area contributed by atoms with E-state index in [1.54, 1.807) is 0 Å². The number of alkyl halides is 3. The highest BCUT2D eigenvalue weighted by Gasteiger charge is 2.37. The second-order valence-corrected chi connectivity index (χ2v) is 6.28. The van der Waals surface area contributed by atoms with Crippen molar-refractivity contribution in [2.75, 3.05) is 11.1 Å². The molecule has 0 aliphatic heterocycles. The van der Waals surface area contributed by atoms with Crippen LogP contribution >= 0.6 is 0 Å². The summed E-state index contributed by atoms with van der Waals surface area (Å²) in [6.45, 7) is 10.2. The Hall–Kier alpha value is -1.53. The molecule has 0 aliphatic rings. The van der Waals surface area contributed by atoms with Gasteiger partial charge in [-0.3, -0.25) is 5.32 Å². The number of nitrogen functional groups attached to an aromatic ring is 1. The lowest BCUT2D eigenvalue weighted by Gasteiger charge is -2.31. The summed E-state index contributed by atoms with van der Waals surface area (Å²) in [5.41, 5.74) is 4.35. The maximum atomic E-state index is 12.6. The molecule has 0 aliphatic carbocycles. The summed E-state index contributed by atoms with van der Waals surface area (Å²) < 4.78 is 37.8. The van der Waals surface area contributed by atoms with Crippen LogP contribution in [0.4, 0.5) is 24.9 Å². The van der Waals surface area contributed by atoms with Crippen molar-refractivity contribution in [1.29, 1.82) is 0 Å². The first-order valence-electron chi connectivity index (χ1n) is 6.45. The van der Waals surface area contributed by atoms with Crippen LogP contribution in [-0.4, -0.2) is 11.0 Å². The summed E-state index contributed by atoms with van der Waals surface area (Å²) in [7, 11) is 0. The molecule has 1 aromatic rings. The summed E-state index contributed by atoms with van der Waals surface area (Å²) in [4.78, 5) is 6.29. The lowest BCUT2D eigenvalue weighted by atomic mass is 9.80. The van der Waals surface area contributed by atoms with Gasteiger partial charge >= 0.3 is 12.1 Å². The predicted molar refractivity (Wildman–Crippen MR) is 71.9 cm³/mol. The fourth-order valence-electron chi connectivity index (χ4n) is 2.26. The van der Waals surface area contributed by atoms with Crippen LogP contribution in [0, 0.1) is 11.3 Å². The van der Waals surface area contributed by atoms with Crippen molar-refractivity contribution in [1.82, 2.24) is 4.98 Å². The van der Waals surface area contributed by atoms with Crippen LogP contribution in [0.1, 0.15) is 40.2 Å². The van der Waals surface area contributed by atoms with Crippen LogP contribution in [0.15, 0.2) is 6.20 Å². The molecule has 0 saturated heterocycles.